The van der Waals surface area contributed by atoms with E-state index < -0.39 is 54.6 Å². The van der Waals surface area contributed by atoms with Gasteiger partial charge in [0.15, 0.2) is 13.2 Å². The van der Waals surface area contributed by atoms with Gasteiger partial charge in [0.25, 0.3) is 10.0 Å². The lowest BCUT2D eigenvalue weighted by Crippen LogP contribution is -2.40. The van der Waals surface area contributed by atoms with Gasteiger partial charge in [-0.2, -0.15) is 13.2 Å². The van der Waals surface area contributed by atoms with Gasteiger partial charge in [-0.1, -0.05) is 35.5 Å². The molecule has 0 fully saturated rings. The Morgan fingerprint density at radius 1 is 0.769 bits per heavy atom. The number of sulfonamides is 2. The third kappa shape index (κ3) is 13.8. The summed E-state index contributed by atoms with van der Waals surface area (Å²) in [5.41, 5.74) is -4.43. The maximum atomic E-state index is 13.5. The number of likely N-dealkylation sites (N-methyl/N-ethyl adjacent to an activating group) is 2. The average molecular weight is 953 g/mol. The van der Waals surface area contributed by atoms with Crippen molar-refractivity contribution < 1.29 is 72.5 Å². The molecule has 0 bridgehead atoms. The fourth-order valence-electron chi connectivity index (χ4n) is 6.07. The van der Waals surface area contributed by atoms with Gasteiger partial charge in [0, 0.05) is 57.6 Å². The molecule has 2 aromatic rings. The third-order valence-corrected chi connectivity index (χ3v) is 12.5. The maximum Gasteiger partial charge on any atom is 0.512 e. The maximum absolute atomic E-state index is 13.5. The number of alkyl halides is 3. The zero-order valence-electron chi connectivity index (χ0n) is 35.9. The van der Waals surface area contributed by atoms with E-state index in [1.807, 2.05) is 23.3 Å². The summed E-state index contributed by atoms with van der Waals surface area (Å²) in [6.45, 7) is 14.5. The van der Waals surface area contributed by atoms with E-state index in [1.54, 1.807) is 36.4 Å². The largest absolute Gasteiger partial charge is 0.512 e. The first-order chi connectivity index (χ1) is 30.6. The lowest BCUT2D eigenvalue weighted by atomic mass is 9.93. The number of halogens is 3. The van der Waals surface area contributed by atoms with Crippen LogP contribution in [0.1, 0.15) is 27.7 Å². The summed E-state index contributed by atoms with van der Waals surface area (Å²) < 4.78 is 121. The van der Waals surface area contributed by atoms with Crippen LogP contribution >= 0.6 is 0 Å². The Kier molecular flexibility index (Phi) is 17.7. The molecule has 1 aliphatic heterocycles. The van der Waals surface area contributed by atoms with E-state index in [4.69, 9.17) is 23.4 Å². The fraction of sp³-hybridized carbons (Fsp3) is 0.357. The van der Waals surface area contributed by atoms with Crippen molar-refractivity contribution in [3.05, 3.63) is 90.3 Å². The molecule has 0 saturated carbocycles. The van der Waals surface area contributed by atoms with Crippen molar-refractivity contribution in [2.24, 2.45) is 0 Å². The van der Waals surface area contributed by atoms with Crippen LogP contribution in [0.2, 0.25) is 0 Å². The van der Waals surface area contributed by atoms with Gasteiger partial charge in [-0.25, -0.2) is 40.6 Å². The lowest BCUT2D eigenvalue weighted by molar-refractivity contribution is -0.139. The second kappa shape index (κ2) is 22.4. The van der Waals surface area contributed by atoms with Gasteiger partial charge in [0.05, 0.1) is 30.6 Å². The number of rotatable bonds is 21. The zero-order chi connectivity index (χ0) is 48.1. The van der Waals surface area contributed by atoms with Crippen LogP contribution in [-0.2, 0) is 48.6 Å². The molecule has 2 aromatic carbocycles. The van der Waals surface area contributed by atoms with E-state index >= 15 is 0 Å². The minimum absolute atomic E-state index is 0.00309. The summed E-state index contributed by atoms with van der Waals surface area (Å²) in [6.07, 6.45) is -1.51. The van der Waals surface area contributed by atoms with Crippen LogP contribution in [-0.4, -0.2) is 112 Å². The lowest BCUT2D eigenvalue weighted by Gasteiger charge is -2.24. The summed E-state index contributed by atoms with van der Waals surface area (Å²) in [6, 6.07) is 14.8. The number of ether oxygens (including phenoxy) is 4. The molecule has 65 heavy (non-hydrogen) atoms. The zero-order valence-corrected chi connectivity index (χ0v) is 37.5. The standard InChI is InChI=1S/C42H48F3N5O13S2/c1-7-49(19-23-61-40(53)46-17-21-59-38(51)27(3)4)29-13-15-31-34(25-29)63-35-26-30(50(8-2)20-24-62-41(54)47-18-22-60-39(52)28(5)6)14-16-32(35)37(31)33-11-9-10-12-36(33)64(55,56)48-65(57,58)42(43,44)45/h9-16,25-26,48H,3,5,7-8,17-24H2,1-2,4,6H3,(H-,46,47,53,54)/p+1. The van der Waals surface area contributed by atoms with E-state index in [1.165, 1.54) is 32.0 Å². The number of alkyl carbamates (subject to hydrolysis) is 2. The van der Waals surface area contributed by atoms with Crippen molar-refractivity contribution in [2.75, 3.05) is 70.6 Å². The molecular formula is C42H49F3N5O13S2+. The van der Waals surface area contributed by atoms with Crippen LogP contribution in [0.3, 0.4) is 0 Å². The molecule has 0 aromatic heterocycles. The number of fused-ring (bicyclic) bond motifs is 2. The number of amides is 2. The number of nitrogens with zero attached hydrogens (tertiary/aromatic N) is 2. The van der Waals surface area contributed by atoms with E-state index in [9.17, 15) is 49.2 Å². The predicted octanol–water partition coefficient (Wildman–Crippen LogP) is 4.64. The van der Waals surface area contributed by atoms with E-state index in [-0.39, 0.29) is 86.2 Å². The second-order valence-corrected chi connectivity index (χ2v) is 17.6. The minimum atomic E-state index is -6.35. The molecule has 352 valence electrons. The topological polar surface area (TPSA) is 229 Å². The van der Waals surface area contributed by atoms with E-state index in [2.05, 4.69) is 23.8 Å². The number of nitrogens with one attached hydrogen (secondary N) is 3. The summed E-state index contributed by atoms with van der Waals surface area (Å²) in [5.74, 6) is -1.02. The summed E-state index contributed by atoms with van der Waals surface area (Å²) in [4.78, 5) is 48.7. The first-order valence-electron chi connectivity index (χ1n) is 19.8. The molecular weight excluding hydrogens is 904 g/mol. The summed E-state index contributed by atoms with van der Waals surface area (Å²) in [7, 11) is -11.7. The van der Waals surface area contributed by atoms with Crippen LogP contribution in [0, 0.1) is 0 Å². The van der Waals surface area contributed by atoms with Gasteiger partial charge in [-0.05, 0) is 52.0 Å². The highest BCUT2D eigenvalue weighted by Crippen LogP contribution is 2.43. The monoisotopic (exact) mass is 952 g/mol. The molecule has 1 heterocycles. The highest BCUT2D eigenvalue weighted by atomic mass is 32.3. The molecule has 0 unspecified atom stereocenters. The van der Waals surface area contributed by atoms with Crippen molar-refractivity contribution in [2.45, 2.75) is 38.1 Å². The molecule has 0 spiro atoms. The van der Waals surface area contributed by atoms with Gasteiger partial charge in [-0.15, -0.1) is 0 Å². The Morgan fingerprint density at radius 2 is 1.37 bits per heavy atom. The van der Waals surface area contributed by atoms with Crippen LogP contribution in [0.5, 0.6) is 0 Å². The van der Waals surface area contributed by atoms with Gasteiger partial charge >= 0.3 is 39.7 Å². The first kappa shape index (κ1) is 51.2. The van der Waals surface area contributed by atoms with Crippen LogP contribution in [0.15, 0.2) is 94.3 Å². The molecule has 0 saturated heterocycles. The molecule has 4 rings (SSSR count). The molecule has 2 aliphatic rings. The van der Waals surface area contributed by atoms with Gasteiger partial charge < -0.3 is 38.9 Å². The number of carbonyl (C=O) groups excluding carboxylic acids is 4. The number of esters is 2. The Bertz CT molecular complexity index is 2700. The highest BCUT2D eigenvalue weighted by Gasteiger charge is 2.49. The van der Waals surface area contributed by atoms with Crippen molar-refractivity contribution in [1.82, 2.24) is 19.3 Å². The van der Waals surface area contributed by atoms with Crippen molar-refractivity contribution in [3.63, 3.8) is 0 Å². The van der Waals surface area contributed by atoms with Crippen LogP contribution < -0.4 is 29.6 Å². The van der Waals surface area contributed by atoms with Crippen LogP contribution in [0.4, 0.5) is 28.4 Å². The Hall–Kier alpha value is -6.46. The number of benzene rings is 3. The average Bonchev–Trinajstić information content (AvgIpc) is 3.24. The molecule has 18 nitrogen and oxygen atoms in total. The van der Waals surface area contributed by atoms with Crippen LogP contribution in [0.25, 0.3) is 33.4 Å². The minimum Gasteiger partial charge on any atom is -0.460 e. The van der Waals surface area contributed by atoms with Crippen molar-refractivity contribution in [3.8, 4) is 22.5 Å². The predicted molar refractivity (Wildman–Crippen MR) is 232 cm³/mol. The Morgan fingerprint density at radius 3 is 1.94 bits per heavy atom. The first-order valence-corrected chi connectivity index (χ1v) is 22.8. The fourth-order valence-corrected chi connectivity index (χ4v) is 8.68. The Balaban J connectivity index is 1.73. The molecule has 0 radical (unpaired) electrons. The van der Waals surface area contributed by atoms with Crippen molar-refractivity contribution in [1.29, 1.82) is 0 Å². The Labute approximate surface area is 373 Å². The van der Waals surface area contributed by atoms with Gasteiger partial charge in [0.2, 0.25) is 5.36 Å². The molecule has 0 atom stereocenters. The number of hydrogen-bond donors (Lipinski definition) is 3. The quantitative estimate of drug-likeness (QED) is 0.0258. The number of hydrogen-bond acceptors (Lipinski definition) is 14. The third-order valence-electron chi connectivity index (χ3n) is 9.25. The summed E-state index contributed by atoms with van der Waals surface area (Å²) >= 11 is 0. The second-order valence-electron chi connectivity index (χ2n) is 14.0. The molecule has 23 heteroatoms. The molecule has 1 aliphatic carbocycles. The molecule has 2 amide bonds. The van der Waals surface area contributed by atoms with E-state index in [0.717, 1.165) is 10.2 Å². The SMILES string of the molecule is C=C(C)C(=O)OCCNC(=O)OCCN(CC)c1ccc2c(-c3ccccc3S(=O)(=O)NS(=O)(=O)C(F)(F)F)c3cc/c(=[N+](/CC)CCOC(=O)NCCOC(=O)C(=C)C)cc-3oc2c1. The van der Waals surface area contributed by atoms with E-state index in [0.29, 0.717) is 35.1 Å². The van der Waals surface area contributed by atoms with Crippen molar-refractivity contribution >= 4 is 60.8 Å². The number of carbonyl (C=O) groups is 4. The smallest absolute Gasteiger partial charge is 0.460 e. The highest BCUT2D eigenvalue weighted by molar-refractivity contribution is 8.05. The normalized spacial score (nSPS) is 12.2. The van der Waals surface area contributed by atoms with Gasteiger partial charge in [-0.3, -0.25) is 0 Å². The summed E-state index contributed by atoms with van der Waals surface area (Å²) in [5, 5.41) is 5.81. The molecule has 3 N–H and O–H groups in total. The van der Waals surface area contributed by atoms with Gasteiger partial charge in [0.1, 0.15) is 37.7 Å². The number of anilines is 1.